The molecule has 0 aliphatic rings. The van der Waals surface area contributed by atoms with E-state index < -0.39 is 17.4 Å². The summed E-state index contributed by atoms with van der Waals surface area (Å²) in [6, 6.07) is 5.57. The SMILES string of the molecule is Cc1cc(C)cc(NC(=O)C(=O)NCC(C)(O)C(C)C)c1. The lowest BCUT2D eigenvalue weighted by Gasteiger charge is -2.27. The molecule has 0 aromatic heterocycles. The summed E-state index contributed by atoms with van der Waals surface area (Å²) >= 11 is 0. The third kappa shape index (κ3) is 5.19. The van der Waals surface area contributed by atoms with Crippen LogP contribution in [-0.4, -0.2) is 29.1 Å². The van der Waals surface area contributed by atoms with E-state index in [9.17, 15) is 14.7 Å². The zero-order valence-electron chi connectivity index (χ0n) is 13.3. The lowest BCUT2D eigenvalue weighted by atomic mass is 9.92. The molecule has 1 aromatic rings. The van der Waals surface area contributed by atoms with Crippen molar-refractivity contribution in [3.63, 3.8) is 0 Å². The van der Waals surface area contributed by atoms with Crippen molar-refractivity contribution in [2.24, 2.45) is 5.92 Å². The van der Waals surface area contributed by atoms with Crippen molar-refractivity contribution in [3.05, 3.63) is 29.3 Å². The van der Waals surface area contributed by atoms with E-state index in [1.165, 1.54) is 0 Å². The van der Waals surface area contributed by atoms with Crippen LogP contribution < -0.4 is 10.6 Å². The third-order valence-corrected chi connectivity index (χ3v) is 3.54. The van der Waals surface area contributed by atoms with Crippen molar-refractivity contribution in [2.45, 2.75) is 40.2 Å². The molecule has 0 spiro atoms. The van der Waals surface area contributed by atoms with Gasteiger partial charge >= 0.3 is 11.8 Å². The van der Waals surface area contributed by atoms with Crippen LogP contribution in [0, 0.1) is 19.8 Å². The van der Waals surface area contributed by atoms with Gasteiger partial charge in [-0.1, -0.05) is 19.9 Å². The number of nitrogens with one attached hydrogen (secondary N) is 2. The molecule has 1 rings (SSSR count). The molecule has 1 aromatic carbocycles. The Hall–Kier alpha value is -1.88. The van der Waals surface area contributed by atoms with Crippen molar-refractivity contribution >= 4 is 17.5 Å². The van der Waals surface area contributed by atoms with Crippen LogP contribution in [0.3, 0.4) is 0 Å². The molecule has 0 aliphatic heterocycles. The Balaban J connectivity index is 2.61. The molecule has 5 nitrogen and oxygen atoms in total. The number of hydrogen-bond donors (Lipinski definition) is 3. The minimum atomic E-state index is -1.05. The fourth-order valence-electron chi connectivity index (χ4n) is 1.78. The maximum Gasteiger partial charge on any atom is 0.313 e. The zero-order valence-corrected chi connectivity index (χ0v) is 13.3. The molecular weight excluding hydrogens is 268 g/mol. The number of carbonyl (C=O) groups excluding carboxylic acids is 2. The molecule has 2 amide bonds. The normalized spacial score (nSPS) is 13.7. The minimum Gasteiger partial charge on any atom is -0.388 e. The first-order valence-corrected chi connectivity index (χ1v) is 7.01. The third-order valence-electron chi connectivity index (χ3n) is 3.54. The number of anilines is 1. The van der Waals surface area contributed by atoms with Crippen LogP contribution in [0.2, 0.25) is 0 Å². The second-order valence-corrected chi connectivity index (χ2v) is 6.03. The van der Waals surface area contributed by atoms with Crippen LogP contribution in [-0.2, 0) is 9.59 Å². The van der Waals surface area contributed by atoms with Gasteiger partial charge in [-0.05, 0) is 49.9 Å². The predicted molar refractivity (Wildman–Crippen MR) is 83.0 cm³/mol. The fraction of sp³-hybridized carbons (Fsp3) is 0.500. The smallest absolute Gasteiger partial charge is 0.313 e. The van der Waals surface area contributed by atoms with Crippen molar-refractivity contribution in [1.82, 2.24) is 5.32 Å². The molecule has 0 saturated heterocycles. The molecule has 0 bridgehead atoms. The molecule has 116 valence electrons. The second-order valence-electron chi connectivity index (χ2n) is 6.03. The maximum absolute atomic E-state index is 11.8. The van der Waals surface area contributed by atoms with Gasteiger partial charge in [-0.3, -0.25) is 9.59 Å². The quantitative estimate of drug-likeness (QED) is 0.740. The van der Waals surface area contributed by atoms with Gasteiger partial charge in [-0.15, -0.1) is 0 Å². The highest BCUT2D eigenvalue weighted by Gasteiger charge is 2.26. The highest BCUT2D eigenvalue weighted by Crippen LogP contribution is 2.15. The van der Waals surface area contributed by atoms with Crippen molar-refractivity contribution in [1.29, 1.82) is 0 Å². The zero-order chi connectivity index (χ0) is 16.2. The summed E-state index contributed by atoms with van der Waals surface area (Å²) < 4.78 is 0. The molecule has 0 radical (unpaired) electrons. The molecule has 5 heteroatoms. The Kier molecular flexibility index (Phi) is 5.49. The first-order chi connectivity index (χ1) is 9.61. The molecule has 0 heterocycles. The van der Waals surface area contributed by atoms with Gasteiger partial charge in [0.15, 0.2) is 0 Å². The summed E-state index contributed by atoms with van der Waals surface area (Å²) in [5.41, 5.74) is 1.56. The molecule has 0 fully saturated rings. The molecule has 1 atom stereocenters. The molecule has 21 heavy (non-hydrogen) atoms. The Bertz CT molecular complexity index is 516. The van der Waals surface area contributed by atoms with Gasteiger partial charge in [0.2, 0.25) is 0 Å². The highest BCUT2D eigenvalue weighted by atomic mass is 16.3. The second kappa shape index (κ2) is 6.72. The monoisotopic (exact) mass is 292 g/mol. The van der Waals surface area contributed by atoms with E-state index in [2.05, 4.69) is 10.6 Å². The van der Waals surface area contributed by atoms with Crippen LogP contribution in [0.5, 0.6) is 0 Å². The predicted octanol–water partition coefficient (Wildman–Crippen LogP) is 1.77. The van der Waals surface area contributed by atoms with Crippen molar-refractivity contribution in [2.75, 3.05) is 11.9 Å². The number of benzene rings is 1. The van der Waals surface area contributed by atoms with E-state index in [4.69, 9.17) is 0 Å². The van der Waals surface area contributed by atoms with Gasteiger partial charge in [-0.2, -0.15) is 0 Å². The summed E-state index contributed by atoms with van der Waals surface area (Å²) in [5.74, 6) is -1.52. The standard InChI is InChI=1S/C16H24N2O3/c1-10(2)16(5,21)9-17-14(19)15(20)18-13-7-11(3)6-12(4)8-13/h6-8,10,21H,9H2,1-5H3,(H,17,19)(H,18,20). The van der Waals surface area contributed by atoms with Crippen LogP contribution in [0.1, 0.15) is 31.9 Å². The van der Waals surface area contributed by atoms with Gasteiger partial charge in [0.25, 0.3) is 0 Å². The number of rotatable bonds is 4. The molecular formula is C16H24N2O3. The Labute approximate surface area is 125 Å². The highest BCUT2D eigenvalue weighted by molar-refractivity contribution is 6.39. The van der Waals surface area contributed by atoms with Crippen molar-refractivity contribution in [3.8, 4) is 0 Å². The van der Waals surface area contributed by atoms with Crippen molar-refractivity contribution < 1.29 is 14.7 Å². The van der Waals surface area contributed by atoms with E-state index in [0.29, 0.717) is 5.69 Å². The van der Waals surface area contributed by atoms with Crippen LogP contribution in [0.25, 0.3) is 0 Å². The van der Waals surface area contributed by atoms with Gasteiger partial charge in [0.1, 0.15) is 0 Å². The van der Waals surface area contributed by atoms with E-state index in [0.717, 1.165) is 11.1 Å². The molecule has 0 saturated carbocycles. The Morgan fingerprint density at radius 3 is 2.14 bits per heavy atom. The number of aryl methyl sites for hydroxylation is 2. The number of aliphatic hydroxyl groups is 1. The summed E-state index contributed by atoms with van der Waals surface area (Å²) in [6.07, 6.45) is 0. The van der Waals surface area contributed by atoms with Gasteiger partial charge < -0.3 is 15.7 Å². The fourth-order valence-corrected chi connectivity index (χ4v) is 1.78. The average Bonchev–Trinajstić information content (AvgIpc) is 2.34. The number of amides is 2. The number of hydrogen-bond acceptors (Lipinski definition) is 3. The largest absolute Gasteiger partial charge is 0.388 e. The summed E-state index contributed by atoms with van der Waals surface area (Å²) in [5, 5.41) is 15.0. The first kappa shape index (κ1) is 17.2. The Morgan fingerprint density at radius 1 is 1.14 bits per heavy atom. The van der Waals surface area contributed by atoms with Gasteiger partial charge in [0.05, 0.1) is 5.60 Å². The minimum absolute atomic E-state index is 0.0275. The lowest BCUT2D eigenvalue weighted by molar-refractivity contribution is -0.137. The molecule has 0 aliphatic carbocycles. The lowest BCUT2D eigenvalue weighted by Crippen LogP contribution is -2.47. The van der Waals surface area contributed by atoms with Gasteiger partial charge in [0, 0.05) is 12.2 Å². The van der Waals surface area contributed by atoms with Gasteiger partial charge in [-0.25, -0.2) is 0 Å². The van der Waals surface area contributed by atoms with Crippen LogP contribution in [0.15, 0.2) is 18.2 Å². The topological polar surface area (TPSA) is 78.4 Å². The Morgan fingerprint density at radius 2 is 1.67 bits per heavy atom. The van der Waals surface area contributed by atoms with E-state index >= 15 is 0 Å². The first-order valence-electron chi connectivity index (χ1n) is 7.01. The summed E-state index contributed by atoms with van der Waals surface area (Å²) in [7, 11) is 0. The van der Waals surface area contributed by atoms with E-state index in [-0.39, 0.29) is 12.5 Å². The van der Waals surface area contributed by atoms with E-state index in [1.54, 1.807) is 19.1 Å². The van der Waals surface area contributed by atoms with Crippen LogP contribution in [0.4, 0.5) is 5.69 Å². The molecule has 3 N–H and O–H groups in total. The van der Waals surface area contributed by atoms with Crippen LogP contribution >= 0.6 is 0 Å². The summed E-state index contributed by atoms with van der Waals surface area (Å²) in [6.45, 7) is 9.19. The van der Waals surface area contributed by atoms with E-state index in [1.807, 2.05) is 33.8 Å². The molecule has 1 unspecified atom stereocenters. The maximum atomic E-state index is 11.8. The summed E-state index contributed by atoms with van der Waals surface area (Å²) in [4.78, 5) is 23.6. The average molecular weight is 292 g/mol. The number of carbonyl (C=O) groups is 2.